The third-order valence-corrected chi connectivity index (χ3v) is 6.45. The average Bonchev–Trinajstić information content (AvgIpc) is 3.22. The lowest BCUT2D eigenvalue weighted by atomic mass is 9.99. The topological polar surface area (TPSA) is 123 Å². The standard InChI is InChI=1S/C25H25ClN4O5S/c1-13-10-17(15(3)27-19-6-7-20(26)28-21(19)25(32)29-36(5,33)34)24-18(11-13)22(31)14(2)23(35-24)16-8-9-30(4)12-16/h6-12,15,27H,1-5H3,(H,29,32)/t15-/m1/s1. The largest absolute Gasteiger partial charge is 0.455 e. The fraction of sp³-hybridized carbons (Fsp3) is 0.240. The molecule has 1 amide bonds. The summed E-state index contributed by atoms with van der Waals surface area (Å²) in [4.78, 5) is 29.9. The molecular weight excluding hydrogens is 504 g/mol. The first-order chi connectivity index (χ1) is 16.8. The van der Waals surface area contributed by atoms with E-state index in [1.54, 1.807) is 13.0 Å². The summed E-state index contributed by atoms with van der Waals surface area (Å²) in [6, 6.07) is 8.12. The molecule has 3 aromatic heterocycles. The third-order valence-electron chi connectivity index (χ3n) is 5.68. The van der Waals surface area contributed by atoms with Crippen LogP contribution in [0.1, 0.15) is 40.1 Å². The molecule has 0 unspecified atom stereocenters. The molecule has 0 radical (unpaired) electrons. The molecule has 1 aromatic carbocycles. The zero-order chi connectivity index (χ0) is 26.4. The highest BCUT2D eigenvalue weighted by Gasteiger charge is 2.22. The maximum absolute atomic E-state index is 13.3. The number of fused-ring (bicyclic) bond motifs is 1. The second kappa shape index (κ2) is 9.44. The van der Waals surface area contributed by atoms with E-state index in [-0.39, 0.29) is 22.0 Å². The molecule has 9 nitrogen and oxygen atoms in total. The predicted octanol–water partition coefficient (Wildman–Crippen LogP) is 4.33. The molecule has 1 atom stereocenters. The van der Waals surface area contributed by atoms with E-state index in [0.717, 1.165) is 17.4 Å². The fourth-order valence-electron chi connectivity index (χ4n) is 4.05. The highest BCUT2D eigenvalue weighted by molar-refractivity contribution is 7.89. The first-order valence-corrected chi connectivity index (χ1v) is 13.3. The zero-order valence-corrected chi connectivity index (χ0v) is 21.9. The molecule has 0 saturated heterocycles. The molecule has 0 aliphatic heterocycles. The van der Waals surface area contributed by atoms with Gasteiger partial charge in [0.2, 0.25) is 10.0 Å². The molecule has 0 fully saturated rings. The molecule has 0 saturated carbocycles. The van der Waals surface area contributed by atoms with Crippen LogP contribution in [0, 0.1) is 13.8 Å². The number of aromatic nitrogens is 2. The van der Waals surface area contributed by atoms with Crippen molar-refractivity contribution in [2.45, 2.75) is 26.8 Å². The van der Waals surface area contributed by atoms with Crippen LogP contribution in [-0.4, -0.2) is 30.1 Å². The lowest BCUT2D eigenvalue weighted by Gasteiger charge is -2.20. The first kappa shape index (κ1) is 25.5. The number of benzene rings is 1. The third kappa shape index (κ3) is 5.14. The lowest BCUT2D eigenvalue weighted by molar-refractivity contribution is 0.0977. The van der Waals surface area contributed by atoms with Gasteiger partial charge in [-0.05, 0) is 50.6 Å². The number of sulfonamides is 1. The number of aryl methyl sites for hydroxylation is 2. The summed E-state index contributed by atoms with van der Waals surface area (Å²) >= 11 is 5.97. The smallest absolute Gasteiger partial charge is 0.285 e. The van der Waals surface area contributed by atoms with Crippen LogP contribution in [0.15, 0.2) is 51.9 Å². The molecule has 36 heavy (non-hydrogen) atoms. The first-order valence-electron chi connectivity index (χ1n) is 11.0. The number of carbonyl (C=O) groups excluding carboxylic acids is 1. The number of amides is 1. The summed E-state index contributed by atoms with van der Waals surface area (Å²) in [5.74, 6) is -0.441. The number of rotatable bonds is 6. The summed E-state index contributed by atoms with van der Waals surface area (Å²) in [6.07, 6.45) is 4.62. The minimum atomic E-state index is -3.82. The Kier molecular flexibility index (Phi) is 6.68. The van der Waals surface area contributed by atoms with Crippen LogP contribution >= 0.6 is 11.6 Å². The molecule has 3 heterocycles. The van der Waals surface area contributed by atoms with E-state index >= 15 is 0 Å². The Hall–Kier alpha value is -3.63. The van der Waals surface area contributed by atoms with Crippen LogP contribution in [0.5, 0.6) is 0 Å². The van der Waals surface area contributed by atoms with Crippen molar-refractivity contribution in [1.82, 2.24) is 14.3 Å². The van der Waals surface area contributed by atoms with Gasteiger partial charge < -0.3 is 14.3 Å². The van der Waals surface area contributed by atoms with Gasteiger partial charge >= 0.3 is 0 Å². The van der Waals surface area contributed by atoms with Gasteiger partial charge in [-0.2, -0.15) is 0 Å². The van der Waals surface area contributed by atoms with Crippen molar-refractivity contribution in [1.29, 1.82) is 0 Å². The Morgan fingerprint density at radius 1 is 1.19 bits per heavy atom. The number of hydrogen-bond acceptors (Lipinski definition) is 7. The zero-order valence-electron chi connectivity index (χ0n) is 20.3. The van der Waals surface area contributed by atoms with Crippen LogP contribution < -0.4 is 15.5 Å². The highest BCUT2D eigenvalue weighted by Crippen LogP contribution is 2.32. The molecule has 188 valence electrons. The van der Waals surface area contributed by atoms with E-state index in [0.29, 0.717) is 27.9 Å². The Morgan fingerprint density at radius 2 is 1.92 bits per heavy atom. The average molecular weight is 529 g/mol. The molecule has 2 N–H and O–H groups in total. The molecule has 0 aliphatic carbocycles. The number of nitrogens with one attached hydrogen (secondary N) is 2. The van der Waals surface area contributed by atoms with Gasteiger partial charge in [-0.3, -0.25) is 9.59 Å². The Bertz CT molecular complexity index is 1670. The van der Waals surface area contributed by atoms with Gasteiger partial charge in [0.15, 0.2) is 11.1 Å². The van der Waals surface area contributed by atoms with Crippen molar-refractivity contribution in [2.75, 3.05) is 11.6 Å². The Morgan fingerprint density at radius 3 is 2.56 bits per heavy atom. The molecule has 0 aliphatic rings. The molecular formula is C25H25ClN4O5S. The molecule has 4 rings (SSSR count). The van der Waals surface area contributed by atoms with Gasteiger partial charge in [0.05, 0.1) is 23.4 Å². The van der Waals surface area contributed by atoms with E-state index < -0.39 is 22.0 Å². The van der Waals surface area contributed by atoms with Crippen molar-refractivity contribution < 1.29 is 17.6 Å². The number of anilines is 1. The number of carbonyl (C=O) groups is 1. The molecule has 4 aromatic rings. The quantitative estimate of drug-likeness (QED) is 0.357. The van der Waals surface area contributed by atoms with Gasteiger partial charge in [0.1, 0.15) is 16.5 Å². The summed E-state index contributed by atoms with van der Waals surface area (Å²) in [5.41, 5.74) is 3.20. The number of halogens is 1. The van der Waals surface area contributed by atoms with Crippen molar-refractivity contribution in [2.24, 2.45) is 7.05 Å². The fourth-order valence-corrected chi connectivity index (χ4v) is 4.64. The summed E-state index contributed by atoms with van der Waals surface area (Å²) in [5, 5.41) is 3.67. The van der Waals surface area contributed by atoms with Crippen molar-refractivity contribution in [3.8, 4) is 11.3 Å². The predicted molar refractivity (Wildman–Crippen MR) is 140 cm³/mol. The molecule has 0 spiro atoms. The maximum atomic E-state index is 13.3. The van der Waals surface area contributed by atoms with E-state index in [1.807, 2.05) is 54.7 Å². The van der Waals surface area contributed by atoms with Crippen LogP contribution in [0.3, 0.4) is 0 Å². The molecule has 11 heteroatoms. The van der Waals surface area contributed by atoms with Gasteiger partial charge in [-0.25, -0.2) is 18.1 Å². The Labute approximate surface area is 213 Å². The number of nitrogens with zero attached hydrogens (tertiary/aromatic N) is 2. The van der Waals surface area contributed by atoms with E-state index in [2.05, 4.69) is 10.3 Å². The van der Waals surface area contributed by atoms with E-state index in [4.69, 9.17) is 16.0 Å². The second-order valence-corrected chi connectivity index (χ2v) is 10.9. The normalized spacial score (nSPS) is 12.5. The maximum Gasteiger partial charge on any atom is 0.285 e. The van der Waals surface area contributed by atoms with E-state index in [9.17, 15) is 18.0 Å². The van der Waals surface area contributed by atoms with Gasteiger partial charge in [0, 0.05) is 36.1 Å². The highest BCUT2D eigenvalue weighted by atomic mass is 35.5. The summed E-state index contributed by atoms with van der Waals surface area (Å²) < 4.78 is 33.3. The SMILES string of the molecule is Cc1cc([C@@H](C)Nc2ccc(Cl)nc2C(=O)NS(C)(=O)=O)c2oc(-c3ccn(C)c3)c(C)c(=O)c2c1. The van der Waals surface area contributed by atoms with Crippen molar-refractivity contribution in [3.63, 3.8) is 0 Å². The van der Waals surface area contributed by atoms with Crippen LogP contribution in [-0.2, 0) is 17.1 Å². The lowest BCUT2D eigenvalue weighted by Crippen LogP contribution is -2.31. The monoisotopic (exact) mass is 528 g/mol. The van der Waals surface area contributed by atoms with Gasteiger partial charge in [-0.1, -0.05) is 17.7 Å². The minimum Gasteiger partial charge on any atom is -0.455 e. The van der Waals surface area contributed by atoms with Crippen LogP contribution in [0.2, 0.25) is 5.15 Å². The van der Waals surface area contributed by atoms with Gasteiger partial charge in [0.25, 0.3) is 5.91 Å². The second-order valence-electron chi connectivity index (χ2n) is 8.78. The Balaban J connectivity index is 1.83. The van der Waals surface area contributed by atoms with Crippen molar-refractivity contribution in [3.05, 3.63) is 80.5 Å². The van der Waals surface area contributed by atoms with Crippen molar-refractivity contribution >= 4 is 44.2 Å². The summed E-state index contributed by atoms with van der Waals surface area (Å²) in [7, 11) is -1.93. The van der Waals surface area contributed by atoms with Crippen LogP contribution in [0.4, 0.5) is 5.69 Å². The number of hydrogen-bond donors (Lipinski definition) is 2. The number of pyridine rings is 1. The minimum absolute atomic E-state index is 0.0295. The van der Waals surface area contributed by atoms with Crippen LogP contribution in [0.25, 0.3) is 22.3 Å². The van der Waals surface area contributed by atoms with E-state index in [1.165, 1.54) is 12.1 Å². The van der Waals surface area contributed by atoms with Gasteiger partial charge in [-0.15, -0.1) is 0 Å². The summed E-state index contributed by atoms with van der Waals surface area (Å²) in [6.45, 7) is 5.46. The molecule has 0 bridgehead atoms.